The largest absolute Gasteiger partial charge is 0.456 e. The summed E-state index contributed by atoms with van der Waals surface area (Å²) in [6, 6.07) is 40.8. The fourth-order valence-electron chi connectivity index (χ4n) is 5.91. The van der Waals surface area contributed by atoms with Crippen molar-refractivity contribution >= 4 is 82.1 Å². The smallest absolute Gasteiger partial charge is 0.172 e. The van der Waals surface area contributed by atoms with Gasteiger partial charge in [-0.1, -0.05) is 60.1 Å². The highest BCUT2D eigenvalue weighted by atomic mass is 35.5. The van der Waals surface area contributed by atoms with Crippen LogP contribution in [0.1, 0.15) is 0 Å². The van der Waals surface area contributed by atoms with E-state index in [-0.39, 0.29) is 0 Å². The molecule has 1 aliphatic heterocycles. The first-order chi connectivity index (χ1) is 20.7. The average Bonchev–Trinajstić information content (AvgIpc) is 3.57. The molecule has 0 spiro atoms. The molecule has 9 rings (SSSR count). The molecule has 0 unspecified atom stereocenters. The molecule has 3 heterocycles. The summed E-state index contributed by atoms with van der Waals surface area (Å²) in [6.45, 7) is 0. The molecule has 200 valence electrons. The normalized spacial score (nSPS) is 12.3. The van der Waals surface area contributed by atoms with Crippen LogP contribution in [0.4, 0.5) is 17.1 Å². The fraction of sp³-hybridized carbons (Fsp3) is 0. The minimum atomic E-state index is 0.648. The number of thiophene rings is 1. The van der Waals surface area contributed by atoms with Crippen molar-refractivity contribution in [3.63, 3.8) is 0 Å². The average molecular weight is 582 g/mol. The SMILES string of the molecule is Clc1cc(N(c2ccc3c(c2)Oc2ccccc2O3)c2ccc3c(c2)oc2ccccc23)c2c(c1)sc1ccccc12. The first kappa shape index (κ1) is 23.7. The third-order valence-electron chi connectivity index (χ3n) is 7.76. The summed E-state index contributed by atoms with van der Waals surface area (Å²) in [5.41, 5.74) is 4.51. The van der Waals surface area contributed by atoms with Crippen LogP contribution in [-0.4, -0.2) is 0 Å². The number of fused-ring (bicyclic) bond motifs is 8. The highest BCUT2D eigenvalue weighted by Crippen LogP contribution is 2.51. The van der Waals surface area contributed by atoms with Gasteiger partial charge in [0, 0.05) is 53.8 Å². The molecule has 0 saturated heterocycles. The summed E-state index contributed by atoms with van der Waals surface area (Å²) < 4.78 is 21.1. The lowest BCUT2D eigenvalue weighted by atomic mass is 10.1. The number of hydrogen-bond acceptors (Lipinski definition) is 5. The topological polar surface area (TPSA) is 34.8 Å². The second-order valence-electron chi connectivity index (χ2n) is 10.3. The quantitative estimate of drug-likeness (QED) is 0.208. The molecule has 0 N–H and O–H groups in total. The Labute approximate surface area is 249 Å². The predicted octanol–water partition coefficient (Wildman–Crippen LogP) is 12.0. The Hall–Kier alpha value is -4.97. The summed E-state index contributed by atoms with van der Waals surface area (Å²) in [6.07, 6.45) is 0. The van der Waals surface area contributed by atoms with Gasteiger partial charge in [-0.15, -0.1) is 11.3 Å². The Morgan fingerprint density at radius 2 is 1.19 bits per heavy atom. The van der Waals surface area contributed by atoms with E-state index >= 15 is 0 Å². The van der Waals surface area contributed by atoms with Gasteiger partial charge in [0.05, 0.1) is 11.4 Å². The van der Waals surface area contributed by atoms with Crippen molar-refractivity contribution in [2.45, 2.75) is 0 Å². The molecule has 4 nitrogen and oxygen atoms in total. The van der Waals surface area contributed by atoms with E-state index in [2.05, 4.69) is 59.5 Å². The van der Waals surface area contributed by atoms with Crippen LogP contribution in [0, 0.1) is 0 Å². The van der Waals surface area contributed by atoms with E-state index < -0.39 is 0 Å². The summed E-state index contributed by atoms with van der Waals surface area (Å²) in [7, 11) is 0. The molecule has 2 aromatic heterocycles. The summed E-state index contributed by atoms with van der Waals surface area (Å²) in [5, 5.41) is 5.17. The van der Waals surface area contributed by atoms with E-state index in [0.717, 1.165) is 49.1 Å². The number of ether oxygens (including phenoxy) is 2. The molecule has 0 aliphatic carbocycles. The number of rotatable bonds is 3. The van der Waals surface area contributed by atoms with Crippen LogP contribution in [0.5, 0.6) is 23.0 Å². The molecule has 0 saturated carbocycles. The zero-order chi connectivity index (χ0) is 27.8. The molecule has 6 heteroatoms. The van der Waals surface area contributed by atoms with Gasteiger partial charge in [-0.2, -0.15) is 0 Å². The van der Waals surface area contributed by atoms with Crippen LogP contribution in [-0.2, 0) is 0 Å². The monoisotopic (exact) mass is 581 g/mol. The van der Waals surface area contributed by atoms with Crippen LogP contribution in [0.15, 0.2) is 126 Å². The lowest BCUT2D eigenvalue weighted by Crippen LogP contribution is -2.11. The zero-order valence-corrected chi connectivity index (χ0v) is 23.6. The Morgan fingerprint density at radius 1 is 0.524 bits per heavy atom. The third kappa shape index (κ3) is 3.61. The molecular formula is C36H20ClNO3S. The minimum absolute atomic E-state index is 0.648. The van der Waals surface area contributed by atoms with Crippen molar-refractivity contribution in [3.05, 3.63) is 126 Å². The Balaban J connectivity index is 1.30. The Bertz CT molecular complexity index is 2350. The van der Waals surface area contributed by atoms with Crippen molar-refractivity contribution in [3.8, 4) is 23.0 Å². The second-order valence-corrected chi connectivity index (χ2v) is 11.8. The number of anilines is 3. The number of nitrogens with zero attached hydrogens (tertiary/aromatic N) is 1. The van der Waals surface area contributed by atoms with Crippen molar-refractivity contribution in [2.24, 2.45) is 0 Å². The molecule has 0 fully saturated rings. The van der Waals surface area contributed by atoms with E-state index in [1.165, 1.54) is 10.1 Å². The minimum Gasteiger partial charge on any atom is -0.456 e. The zero-order valence-electron chi connectivity index (χ0n) is 22.0. The number of hydrogen-bond donors (Lipinski definition) is 0. The first-order valence-electron chi connectivity index (χ1n) is 13.6. The molecule has 8 aromatic rings. The molecule has 6 aromatic carbocycles. The van der Waals surface area contributed by atoms with Crippen LogP contribution in [0.25, 0.3) is 42.1 Å². The number of para-hydroxylation sites is 3. The summed E-state index contributed by atoms with van der Waals surface area (Å²) in [4.78, 5) is 2.23. The van der Waals surface area contributed by atoms with Crippen molar-refractivity contribution in [1.82, 2.24) is 0 Å². The van der Waals surface area contributed by atoms with Gasteiger partial charge in [-0.05, 0) is 60.7 Å². The van der Waals surface area contributed by atoms with Gasteiger partial charge < -0.3 is 18.8 Å². The van der Waals surface area contributed by atoms with Crippen molar-refractivity contribution in [1.29, 1.82) is 0 Å². The highest BCUT2D eigenvalue weighted by Gasteiger charge is 2.24. The number of benzene rings is 6. The van der Waals surface area contributed by atoms with Gasteiger partial charge in [-0.3, -0.25) is 0 Å². The van der Waals surface area contributed by atoms with Gasteiger partial charge in [0.15, 0.2) is 23.0 Å². The van der Waals surface area contributed by atoms with E-state index in [4.69, 9.17) is 25.5 Å². The van der Waals surface area contributed by atoms with Crippen LogP contribution < -0.4 is 14.4 Å². The molecular weight excluding hydrogens is 562 g/mol. The lowest BCUT2D eigenvalue weighted by molar-refractivity contribution is 0.360. The summed E-state index contributed by atoms with van der Waals surface area (Å²) in [5.74, 6) is 2.70. The maximum atomic E-state index is 6.81. The van der Waals surface area contributed by atoms with Crippen LogP contribution in [0.3, 0.4) is 0 Å². The highest BCUT2D eigenvalue weighted by molar-refractivity contribution is 7.26. The van der Waals surface area contributed by atoms with Crippen molar-refractivity contribution in [2.75, 3.05) is 4.90 Å². The second kappa shape index (κ2) is 9.02. The number of furan rings is 1. The molecule has 0 radical (unpaired) electrons. The van der Waals surface area contributed by atoms with Gasteiger partial charge >= 0.3 is 0 Å². The van der Waals surface area contributed by atoms with E-state index in [1.54, 1.807) is 11.3 Å². The van der Waals surface area contributed by atoms with Gasteiger partial charge in [0.1, 0.15) is 11.2 Å². The summed E-state index contributed by atoms with van der Waals surface area (Å²) >= 11 is 8.55. The van der Waals surface area contributed by atoms with Gasteiger partial charge in [0.25, 0.3) is 0 Å². The predicted molar refractivity (Wildman–Crippen MR) is 173 cm³/mol. The Kier molecular flexibility index (Phi) is 5.09. The van der Waals surface area contributed by atoms with Crippen LogP contribution >= 0.6 is 22.9 Å². The molecule has 0 bridgehead atoms. The molecule has 1 aliphatic rings. The third-order valence-corrected chi connectivity index (χ3v) is 9.09. The maximum Gasteiger partial charge on any atom is 0.172 e. The van der Waals surface area contributed by atoms with Gasteiger partial charge in [0.2, 0.25) is 0 Å². The molecule has 0 atom stereocenters. The molecule has 42 heavy (non-hydrogen) atoms. The Morgan fingerprint density at radius 3 is 2.07 bits per heavy atom. The van der Waals surface area contributed by atoms with Crippen molar-refractivity contribution < 1.29 is 13.9 Å². The van der Waals surface area contributed by atoms with E-state index in [0.29, 0.717) is 28.0 Å². The number of halogens is 1. The van der Waals surface area contributed by atoms with Crippen LogP contribution in [0.2, 0.25) is 5.02 Å². The van der Waals surface area contributed by atoms with Gasteiger partial charge in [-0.25, -0.2) is 0 Å². The lowest BCUT2D eigenvalue weighted by Gasteiger charge is -2.28. The molecule has 0 amide bonds. The standard InChI is InChI=1S/C36H20ClNO3S/c37-21-17-27(36-26-8-2-6-12-34(26)42-35(36)18-21)38(22-13-15-25-24-7-1-3-9-28(24)39-32(25)19-22)23-14-16-31-33(20-23)41-30-11-5-4-10-29(30)40-31/h1-20H. The fourth-order valence-corrected chi connectivity index (χ4v) is 7.36. The van der Waals surface area contributed by atoms with E-state index in [9.17, 15) is 0 Å². The van der Waals surface area contributed by atoms with E-state index in [1.807, 2.05) is 66.7 Å². The maximum absolute atomic E-state index is 6.81. The first-order valence-corrected chi connectivity index (χ1v) is 14.8.